The van der Waals surface area contributed by atoms with Crippen molar-refractivity contribution >= 4 is 0 Å². The zero-order valence-electron chi connectivity index (χ0n) is 15.7. The Bertz CT molecular complexity index is 770. The molecule has 0 radical (unpaired) electrons. The van der Waals surface area contributed by atoms with Crippen LogP contribution in [0.1, 0.15) is 36.1 Å². The first kappa shape index (κ1) is 18.4. The molecule has 0 fully saturated rings. The van der Waals surface area contributed by atoms with Gasteiger partial charge in [0.15, 0.2) is 0 Å². The summed E-state index contributed by atoms with van der Waals surface area (Å²) in [6.07, 6.45) is 0. The third-order valence-corrected chi connectivity index (χ3v) is 5.23. The topological polar surface area (TPSA) is 24.7 Å². The summed E-state index contributed by atoms with van der Waals surface area (Å²) in [4.78, 5) is 1.50. The fourth-order valence-corrected chi connectivity index (χ4v) is 3.63. The SMILES string of the molecule is CC[NH+](CC)Cc1ccccc1C(O)(c1ccccc1)c1ccccc1. The molecular formula is C24H28NO+. The van der Waals surface area contributed by atoms with E-state index in [0.29, 0.717) is 0 Å². The Labute approximate surface area is 156 Å². The van der Waals surface area contributed by atoms with Gasteiger partial charge in [-0.3, -0.25) is 0 Å². The molecule has 0 heterocycles. The summed E-state index contributed by atoms with van der Waals surface area (Å²) < 4.78 is 0. The summed E-state index contributed by atoms with van der Waals surface area (Å²) >= 11 is 0. The van der Waals surface area contributed by atoms with E-state index in [1.165, 1.54) is 10.5 Å². The largest absolute Gasteiger partial charge is 0.376 e. The Morgan fingerprint density at radius 2 is 1.15 bits per heavy atom. The molecular weight excluding hydrogens is 318 g/mol. The van der Waals surface area contributed by atoms with Crippen LogP contribution in [0, 0.1) is 0 Å². The number of hydrogen-bond acceptors (Lipinski definition) is 1. The fraction of sp³-hybridized carbons (Fsp3) is 0.250. The molecule has 0 amide bonds. The van der Waals surface area contributed by atoms with Crippen LogP contribution in [-0.2, 0) is 12.1 Å². The molecule has 0 unspecified atom stereocenters. The predicted octanol–water partition coefficient (Wildman–Crippen LogP) is 3.40. The van der Waals surface area contributed by atoms with E-state index in [4.69, 9.17) is 0 Å². The van der Waals surface area contributed by atoms with Crippen molar-refractivity contribution in [3.63, 3.8) is 0 Å². The molecule has 0 saturated heterocycles. The molecule has 0 bridgehead atoms. The molecule has 2 N–H and O–H groups in total. The third kappa shape index (κ3) is 3.57. The Hall–Kier alpha value is -2.42. The van der Waals surface area contributed by atoms with Crippen molar-refractivity contribution in [2.75, 3.05) is 13.1 Å². The maximum Gasteiger partial charge on any atom is 0.141 e. The van der Waals surface area contributed by atoms with Crippen LogP contribution >= 0.6 is 0 Å². The lowest BCUT2D eigenvalue weighted by atomic mass is 9.78. The van der Waals surface area contributed by atoms with Crippen LogP contribution in [0.4, 0.5) is 0 Å². The van der Waals surface area contributed by atoms with Crippen LogP contribution in [0.15, 0.2) is 84.9 Å². The van der Waals surface area contributed by atoms with Gasteiger partial charge in [0.05, 0.1) is 13.1 Å². The molecule has 134 valence electrons. The minimum atomic E-state index is -1.16. The maximum absolute atomic E-state index is 12.1. The number of aliphatic hydroxyl groups is 1. The number of quaternary nitrogens is 1. The summed E-state index contributed by atoms with van der Waals surface area (Å²) in [5.74, 6) is 0. The van der Waals surface area contributed by atoms with Crippen molar-refractivity contribution in [2.24, 2.45) is 0 Å². The van der Waals surface area contributed by atoms with Crippen LogP contribution in [-0.4, -0.2) is 18.2 Å². The summed E-state index contributed by atoms with van der Waals surface area (Å²) in [6, 6.07) is 28.3. The van der Waals surface area contributed by atoms with Crippen molar-refractivity contribution in [1.29, 1.82) is 0 Å². The highest BCUT2D eigenvalue weighted by molar-refractivity contribution is 5.49. The fourth-order valence-electron chi connectivity index (χ4n) is 3.63. The second-order valence-corrected chi connectivity index (χ2v) is 6.73. The average Bonchev–Trinajstić information content (AvgIpc) is 2.73. The molecule has 3 rings (SSSR count). The van der Waals surface area contributed by atoms with E-state index in [1.807, 2.05) is 66.7 Å². The van der Waals surface area contributed by atoms with Gasteiger partial charge in [-0.1, -0.05) is 84.9 Å². The smallest absolute Gasteiger partial charge is 0.141 e. The van der Waals surface area contributed by atoms with Crippen LogP contribution in [0.3, 0.4) is 0 Å². The number of nitrogens with one attached hydrogen (secondary N) is 1. The Morgan fingerprint density at radius 3 is 1.65 bits per heavy atom. The van der Waals surface area contributed by atoms with Gasteiger partial charge in [-0.15, -0.1) is 0 Å². The van der Waals surface area contributed by atoms with E-state index in [9.17, 15) is 5.11 Å². The van der Waals surface area contributed by atoms with Gasteiger partial charge in [-0.2, -0.15) is 0 Å². The Balaban J connectivity index is 2.18. The zero-order chi connectivity index (χ0) is 18.4. The van der Waals surface area contributed by atoms with Crippen molar-refractivity contribution in [3.05, 3.63) is 107 Å². The van der Waals surface area contributed by atoms with Gasteiger partial charge in [0, 0.05) is 11.1 Å². The lowest BCUT2D eigenvalue weighted by molar-refractivity contribution is -0.910. The van der Waals surface area contributed by atoms with E-state index < -0.39 is 5.60 Å². The zero-order valence-corrected chi connectivity index (χ0v) is 15.7. The number of benzene rings is 3. The number of hydrogen-bond donors (Lipinski definition) is 2. The average molecular weight is 346 g/mol. The highest BCUT2D eigenvalue weighted by atomic mass is 16.3. The molecule has 0 atom stereocenters. The lowest BCUT2D eigenvalue weighted by Crippen LogP contribution is -3.10. The van der Waals surface area contributed by atoms with Gasteiger partial charge in [-0.25, -0.2) is 0 Å². The lowest BCUT2D eigenvalue weighted by Gasteiger charge is -2.32. The first-order chi connectivity index (χ1) is 12.7. The van der Waals surface area contributed by atoms with Gasteiger partial charge in [0.25, 0.3) is 0 Å². The van der Waals surface area contributed by atoms with Crippen molar-refractivity contribution in [3.8, 4) is 0 Å². The third-order valence-electron chi connectivity index (χ3n) is 5.23. The molecule has 3 aromatic rings. The molecule has 0 spiro atoms. The first-order valence-electron chi connectivity index (χ1n) is 9.45. The van der Waals surface area contributed by atoms with Crippen LogP contribution in [0.5, 0.6) is 0 Å². The van der Waals surface area contributed by atoms with E-state index in [1.54, 1.807) is 0 Å². The molecule has 0 aromatic heterocycles. The summed E-state index contributed by atoms with van der Waals surface area (Å²) in [7, 11) is 0. The van der Waals surface area contributed by atoms with Crippen molar-refractivity contribution in [1.82, 2.24) is 0 Å². The highest BCUT2D eigenvalue weighted by Gasteiger charge is 2.35. The Kier molecular flexibility index (Phi) is 5.87. The summed E-state index contributed by atoms with van der Waals surface area (Å²) in [5, 5.41) is 12.1. The molecule has 0 aliphatic rings. The maximum atomic E-state index is 12.1. The second kappa shape index (κ2) is 8.31. The minimum Gasteiger partial charge on any atom is -0.376 e. The molecule has 3 aromatic carbocycles. The quantitative estimate of drug-likeness (QED) is 0.630. The van der Waals surface area contributed by atoms with E-state index in [0.717, 1.165) is 36.3 Å². The van der Waals surface area contributed by atoms with E-state index in [2.05, 4.69) is 32.0 Å². The predicted molar refractivity (Wildman–Crippen MR) is 107 cm³/mol. The van der Waals surface area contributed by atoms with Gasteiger partial charge in [0.2, 0.25) is 0 Å². The van der Waals surface area contributed by atoms with Crippen molar-refractivity contribution < 1.29 is 10.0 Å². The molecule has 0 saturated carbocycles. The summed E-state index contributed by atoms with van der Waals surface area (Å²) in [5.41, 5.74) is 2.80. The highest BCUT2D eigenvalue weighted by Crippen LogP contribution is 2.38. The van der Waals surface area contributed by atoms with Crippen LogP contribution < -0.4 is 4.90 Å². The van der Waals surface area contributed by atoms with Gasteiger partial charge in [0.1, 0.15) is 12.1 Å². The molecule has 0 aliphatic heterocycles. The van der Waals surface area contributed by atoms with Gasteiger partial charge >= 0.3 is 0 Å². The monoisotopic (exact) mass is 346 g/mol. The minimum absolute atomic E-state index is 0.896. The Morgan fingerprint density at radius 1 is 0.692 bits per heavy atom. The van der Waals surface area contributed by atoms with E-state index in [-0.39, 0.29) is 0 Å². The molecule has 26 heavy (non-hydrogen) atoms. The second-order valence-electron chi connectivity index (χ2n) is 6.73. The normalized spacial score (nSPS) is 11.7. The van der Waals surface area contributed by atoms with Gasteiger partial charge < -0.3 is 10.0 Å². The summed E-state index contributed by atoms with van der Waals surface area (Å²) in [6.45, 7) is 7.47. The number of rotatable bonds is 7. The van der Waals surface area contributed by atoms with Crippen molar-refractivity contribution in [2.45, 2.75) is 26.0 Å². The van der Waals surface area contributed by atoms with Crippen LogP contribution in [0.2, 0.25) is 0 Å². The van der Waals surface area contributed by atoms with Crippen LogP contribution in [0.25, 0.3) is 0 Å². The molecule has 2 nitrogen and oxygen atoms in total. The molecule has 0 aliphatic carbocycles. The molecule has 2 heteroatoms. The van der Waals surface area contributed by atoms with Gasteiger partial charge in [-0.05, 0) is 25.0 Å². The first-order valence-corrected chi connectivity index (χ1v) is 9.45. The standard InChI is InChI=1S/C24H27NO/c1-3-25(4-2)19-20-13-11-12-18-23(20)24(26,21-14-7-5-8-15-21)22-16-9-6-10-17-22/h5-18,26H,3-4,19H2,1-2H3/p+1. The van der Waals surface area contributed by atoms with E-state index >= 15 is 0 Å².